The highest BCUT2D eigenvalue weighted by atomic mass is 35.5. The van der Waals surface area contributed by atoms with E-state index in [1.54, 1.807) is 30.3 Å². The smallest absolute Gasteiger partial charge is 0.127 e. The summed E-state index contributed by atoms with van der Waals surface area (Å²) in [5.74, 6) is 0.195. The van der Waals surface area contributed by atoms with Gasteiger partial charge in [-0.3, -0.25) is 10.3 Å². The highest BCUT2D eigenvalue weighted by Crippen LogP contribution is 2.37. The Labute approximate surface area is 191 Å². The molecule has 0 saturated heterocycles. The number of aromatic hydroxyl groups is 1. The second kappa shape index (κ2) is 8.99. The summed E-state index contributed by atoms with van der Waals surface area (Å²) < 4.78 is 0. The number of hydrogen-bond acceptors (Lipinski definition) is 3. The quantitative estimate of drug-likeness (QED) is 0.435. The molecule has 30 heavy (non-hydrogen) atoms. The van der Waals surface area contributed by atoms with Crippen molar-refractivity contribution in [2.24, 2.45) is 4.99 Å². The summed E-state index contributed by atoms with van der Waals surface area (Å²) in [7, 11) is 0. The van der Waals surface area contributed by atoms with Crippen LogP contribution < -0.4 is 5.32 Å². The Morgan fingerprint density at radius 1 is 0.933 bits per heavy atom. The molecule has 2 N–H and O–H groups in total. The lowest BCUT2D eigenvalue weighted by atomic mass is 9.93. The van der Waals surface area contributed by atoms with Crippen LogP contribution in [0.1, 0.15) is 47.8 Å². The minimum absolute atomic E-state index is 0.182. The number of aliphatic imine (C=N–C) groups is 1. The van der Waals surface area contributed by atoms with Gasteiger partial charge in [-0.1, -0.05) is 72.1 Å². The molecule has 1 heterocycles. The normalized spacial score (nSPS) is 18.9. The molecule has 0 bridgehead atoms. The van der Waals surface area contributed by atoms with Crippen LogP contribution in [0.3, 0.4) is 0 Å². The Hall–Kier alpha value is -2.04. The highest BCUT2D eigenvalue weighted by molar-refractivity contribution is 6.35. The van der Waals surface area contributed by atoms with Gasteiger partial charge < -0.3 is 5.11 Å². The van der Waals surface area contributed by atoms with Crippen LogP contribution in [-0.4, -0.2) is 10.8 Å². The first kappa shape index (κ1) is 21.2. The maximum Gasteiger partial charge on any atom is 0.127 e. The number of hydrogen-bond donors (Lipinski definition) is 2. The molecule has 1 aliphatic rings. The van der Waals surface area contributed by atoms with Crippen LogP contribution in [0.25, 0.3) is 0 Å². The van der Waals surface area contributed by atoms with Crippen molar-refractivity contribution in [2.75, 3.05) is 0 Å². The Morgan fingerprint density at radius 2 is 1.63 bits per heavy atom. The number of rotatable bonds is 4. The zero-order valence-corrected chi connectivity index (χ0v) is 18.6. The van der Waals surface area contributed by atoms with E-state index >= 15 is 0 Å². The number of benzene rings is 3. The molecule has 0 saturated carbocycles. The van der Waals surface area contributed by atoms with Gasteiger partial charge in [0.25, 0.3) is 0 Å². The standard InChI is InChI=1S/C24H21Cl3N2O/c1-2-14-3-5-15(6-4-14)21-13-22(19-11-16(25)8-10-23(19)30)29-24(28-21)18-9-7-17(26)12-20(18)27/h3-12,22,24,29-30H,2,13H2,1H3/t22-,24-/m0/s1. The van der Waals surface area contributed by atoms with Crippen molar-refractivity contribution >= 4 is 40.5 Å². The van der Waals surface area contributed by atoms with E-state index in [-0.39, 0.29) is 18.0 Å². The largest absolute Gasteiger partial charge is 0.508 e. The SMILES string of the molecule is CCc1ccc(C2=N[C@H](c3ccc(Cl)cc3Cl)N[C@H](c3cc(Cl)ccc3O)C2)cc1. The molecule has 3 aromatic rings. The zero-order valence-electron chi connectivity index (χ0n) is 16.4. The lowest BCUT2D eigenvalue weighted by Crippen LogP contribution is -2.33. The van der Waals surface area contributed by atoms with Crippen molar-refractivity contribution in [3.63, 3.8) is 0 Å². The van der Waals surface area contributed by atoms with Gasteiger partial charge in [0, 0.05) is 44.4 Å². The molecule has 6 heteroatoms. The Kier molecular flexibility index (Phi) is 6.35. The number of phenols is 1. The van der Waals surface area contributed by atoms with Gasteiger partial charge in [0.1, 0.15) is 11.9 Å². The zero-order chi connectivity index (χ0) is 21.3. The van der Waals surface area contributed by atoms with Gasteiger partial charge in [-0.05, 0) is 47.9 Å². The van der Waals surface area contributed by atoms with E-state index in [1.165, 1.54) is 5.56 Å². The molecule has 0 aromatic heterocycles. The van der Waals surface area contributed by atoms with Gasteiger partial charge in [0.2, 0.25) is 0 Å². The van der Waals surface area contributed by atoms with Crippen LogP contribution in [0.4, 0.5) is 0 Å². The number of nitrogens with one attached hydrogen (secondary N) is 1. The van der Waals surface area contributed by atoms with Crippen LogP contribution in [0, 0.1) is 0 Å². The molecule has 0 spiro atoms. The average molecular weight is 460 g/mol. The minimum atomic E-state index is -0.382. The van der Waals surface area contributed by atoms with E-state index in [9.17, 15) is 5.11 Å². The maximum atomic E-state index is 10.5. The lowest BCUT2D eigenvalue weighted by Gasteiger charge is -2.31. The van der Waals surface area contributed by atoms with Crippen molar-refractivity contribution in [1.82, 2.24) is 5.32 Å². The first-order chi connectivity index (χ1) is 14.4. The fraction of sp³-hybridized carbons (Fsp3) is 0.208. The lowest BCUT2D eigenvalue weighted by molar-refractivity contribution is 0.413. The molecular formula is C24H21Cl3N2O. The predicted octanol–water partition coefficient (Wildman–Crippen LogP) is 7.14. The third-order valence-electron chi connectivity index (χ3n) is 5.36. The summed E-state index contributed by atoms with van der Waals surface area (Å²) in [5.41, 5.74) is 4.83. The van der Waals surface area contributed by atoms with Gasteiger partial charge in [-0.15, -0.1) is 0 Å². The van der Waals surface area contributed by atoms with Gasteiger partial charge in [-0.25, -0.2) is 0 Å². The minimum Gasteiger partial charge on any atom is -0.508 e. The second-order valence-electron chi connectivity index (χ2n) is 7.32. The molecule has 1 aliphatic heterocycles. The van der Waals surface area contributed by atoms with Crippen molar-refractivity contribution in [3.05, 3.63) is 98.0 Å². The molecule has 0 unspecified atom stereocenters. The summed E-state index contributed by atoms with van der Waals surface area (Å²) >= 11 is 18.8. The molecule has 3 aromatic carbocycles. The van der Waals surface area contributed by atoms with Gasteiger partial charge >= 0.3 is 0 Å². The molecule has 154 valence electrons. The number of halogens is 3. The van der Waals surface area contributed by atoms with Gasteiger partial charge in [0.15, 0.2) is 0 Å². The summed E-state index contributed by atoms with van der Waals surface area (Å²) in [4.78, 5) is 4.96. The summed E-state index contributed by atoms with van der Waals surface area (Å²) in [6.45, 7) is 2.13. The van der Waals surface area contributed by atoms with Crippen molar-refractivity contribution in [2.45, 2.75) is 32.0 Å². The van der Waals surface area contributed by atoms with E-state index in [0.29, 0.717) is 21.5 Å². The van der Waals surface area contributed by atoms with Crippen molar-refractivity contribution in [1.29, 1.82) is 0 Å². The topological polar surface area (TPSA) is 44.6 Å². The monoisotopic (exact) mass is 458 g/mol. The third kappa shape index (κ3) is 4.50. The first-order valence-electron chi connectivity index (χ1n) is 9.80. The average Bonchev–Trinajstić information content (AvgIpc) is 2.75. The molecule has 0 amide bonds. The molecule has 4 rings (SSSR count). The molecule has 3 nitrogen and oxygen atoms in total. The third-order valence-corrected chi connectivity index (χ3v) is 6.16. The molecule has 0 aliphatic carbocycles. The van der Waals surface area contributed by atoms with E-state index in [4.69, 9.17) is 39.8 Å². The Morgan fingerprint density at radius 3 is 2.33 bits per heavy atom. The molecule has 0 fully saturated rings. The van der Waals surface area contributed by atoms with Crippen LogP contribution in [0.5, 0.6) is 5.75 Å². The van der Waals surface area contributed by atoms with E-state index in [0.717, 1.165) is 28.8 Å². The molecule has 0 radical (unpaired) electrons. The van der Waals surface area contributed by atoms with E-state index in [1.807, 2.05) is 6.07 Å². The summed E-state index contributed by atoms with van der Waals surface area (Å²) in [6.07, 6.45) is 1.21. The maximum absolute atomic E-state index is 10.5. The molecular weight excluding hydrogens is 439 g/mol. The molecule has 2 atom stereocenters. The summed E-state index contributed by atoms with van der Waals surface area (Å²) in [6, 6.07) is 18.7. The summed E-state index contributed by atoms with van der Waals surface area (Å²) in [5, 5.41) is 15.7. The van der Waals surface area contributed by atoms with E-state index < -0.39 is 0 Å². The van der Waals surface area contributed by atoms with Crippen molar-refractivity contribution < 1.29 is 5.11 Å². The number of aryl methyl sites for hydroxylation is 1. The van der Waals surface area contributed by atoms with Gasteiger partial charge in [0.05, 0.1) is 0 Å². The van der Waals surface area contributed by atoms with Crippen LogP contribution >= 0.6 is 34.8 Å². The fourth-order valence-electron chi connectivity index (χ4n) is 3.70. The van der Waals surface area contributed by atoms with Crippen LogP contribution in [0.15, 0.2) is 65.7 Å². The van der Waals surface area contributed by atoms with Gasteiger partial charge in [-0.2, -0.15) is 0 Å². The highest BCUT2D eigenvalue weighted by Gasteiger charge is 2.29. The first-order valence-corrected chi connectivity index (χ1v) is 10.9. The Balaban J connectivity index is 1.78. The fourth-order valence-corrected chi connectivity index (χ4v) is 4.39. The number of nitrogens with zero attached hydrogens (tertiary/aromatic N) is 1. The van der Waals surface area contributed by atoms with Crippen molar-refractivity contribution in [3.8, 4) is 5.75 Å². The second-order valence-corrected chi connectivity index (χ2v) is 8.60. The van der Waals surface area contributed by atoms with Crippen LogP contribution in [0.2, 0.25) is 15.1 Å². The number of phenolic OH excluding ortho intramolecular Hbond substituents is 1. The van der Waals surface area contributed by atoms with Crippen LogP contribution in [-0.2, 0) is 6.42 Å². The Bertz CT molecular complexity index is 1100. The predicted molar refractivity (Wildman–Crippen MR) is 125 cm³/mol. The van der Waals surface area contributed by atoms with E-state index in [2.05, 4.69) is 36.5 Å².